The Morgan fingerprint density at radius 2 is 1.93 bits per heavy atom. The fourth-order valence-electron chi connectivity index (χ4n) is 2.25. The molecule has 0 saturated heterocycles. The van der Waals surface area contributed by atoms with E-state index in [-0.39, 0.29) is 5.69 Å². The SMILES string of the molecule is C[C@H](Oc1ccc(-c2nnco2)cc1)C(=O)Nc1cccc(C(F)(F)F)c1. The molecule has 0 saturated carbocycles. The topological polar surface area (TPSA) is 77.2 Å². The van der Waals surface area contributed by atoms with Crippen LogP contribution in [0.25, 0.3) is 11.5 Å². The molecular weight excluding hydrogens is 363 g/mol. The molecule has 140 valence electrons. The number of carbonyl (C=O) groups is 1. The number of nitrogens with one attached hydrogen (secondary N) is 1. The van der Waals surface area contributed by atoms with Gasteiger partial charge in [-0.05, 0) is 49.4 Å². The Balaban J connectivity index is 1.62. The van der Waals surface area contributed by atoms with E-state index in [1.54, 1.807) is 24.3 Å². The van der Waals surface area contributed by atoms with Crippen molar-refractivity contribution in [1.82, 2.24) is 10.2 Å². The van der Waals surface area contributed by atoms with Gasteiger partial charge in [-0.15, -0.1) is 10.2 Å². The molecule has 9 heteroatoms. The zero-order valence-corrected chi connectivity index (χ0v) is 14.0. The molecule has 0 aliphatic carbocycles. The Kier molecular flexibility index (Phi) is 5.11. The lowest BCUT2D eigenvalue weighted by Crippen LogP contribution is -2.30. The number of nitrogens with zero attached hydrogens (tertiary/aromatic N) is 2. The lowest BCUT2D eigenvalue weighted by Gasteiger charge is -2.15. The number of halogens is 3. The molecule has 1 amide bonds. The van der Waals surface area contributed by atoms with Crippen molar-refractivity contribution in [3.05, 3.63) is 60.5 Å². The molecule has 3 aromatic rings. The van der Waals surface area contributed by atoms with E-state index in [2.05, 4.69) is 15.5 Å². The molecule has 0 radical (unpaired) electrons. The van der Waals surface area contributed by atoms with Crippen LogP contribution in [0, 0.1) is 0 Å². The van der Waals surface area contributed by atoms with E-state index in [0.717, 1.165) is 12.1 Å². The number of alkyl halides is 3. The summed E-state index contributed by atoms with van der Waals surface area (Å²) in [6.07, 6.45) is -4.20. The van der Waals surface area contributed by atoms with Crippen LogP contribution in [-0.2, 0) is 11.0 Å². The minimum Gasteiger partial charge on any atom is -0.481 e. The van der Waals surface area contributed by atoms with Crippen molar-refractivity contribution in [1.29, 1.82) is 0 Å². The van der Waals surface area contributed by atoms with Gasteiger partial charge in [0.15, 0.2) is 6.10 Å². The van der Waals surface area contributed by atoms with Crippen molar-refractivity contribution in [2.24, 2.45) is 0 Å². The second-order valence-electron chi connectivity index (χ2n) is 5.60. The van der Waals surface area contributed by atoms with Gasteiger partial charge in [0.05, 0.1) is 5.56 Å². The summed E-state index contributed by atoms with van der Waals surface area (Å²) in [4.78, 5) is 12.2. The quantitative estimate of drug-likeness (QED) is 0.722. The number of aromatic nitrogens is 2. The second kappa shape index (κ2) is 7.48. The number of benzene rings is 2. The zero-order valence-electron chi connectivity index (χ0n) is 14.0. The van der Waals surface area contributed by atoms with E-state index in [1.165, 1.54) is 25.5 Å². The van der Waals surface area contributed by atoms with Crippen LogP contribution in [0.5, 0.6) is 5.75 Å². The molecule has 0 fully saturated rings. The van der Waals surface area contributed by atoms with Crippen molar-refractivity contribution in [2.75, 3.05) is 5.32 Å². The van der Waals surface area contributed by atoms with Gasteiger partial charge in [-0.2, -0.15) is 13.2 Å². The van der Waals surface area contributed by atoms with Crippen LogP contribution in [-0.4, -0.2) is 22.2 Å². The minimum absolute atomic E-state index is 0.0389. The van der Waals surface area contributed by atoms with Crippen LogP contribution in [0.1, 0.15) is 12.5 Å². The van der Waals surface area contributed by atoms with Crippen molar-refractivity contribution in [3.63, 3.8) is 0 Å². The molecule has 27 heavy (non-hydrogen) atoms. The molecule has 2 aromatic carbocycles. The van der Waals surface area contributed by atoms with Crippen LogP contribution in [0.15, 0.2) is 59.3 Å². The number of hydrogen-bond acceptors (Lipinski definition) is 5. The summed E-state index contributed by atoms with van der Waals surface area (Å²) < 4.78 is 48.8. The Morgan fingerprint density at radius 1 is 1.19 bits per heavy atom. The predicted molar refractivity (Wildman–Crippen MR) is 89.9 cm³/mol. The van der Waals surface area contributed by atoms with Crippen molar-refractivity contribution >= 4 is 11.6 Å². The Labute approximate surface area is 152 Å². The maximum Gasteiger partial charge on any atom is 0.416 e. The monoisotopic (exact) mass is 377 g/mol. The lowest BCUT2D eigenvalue weighted by atomic mass is 10.2. The summed E-state index contributed by atoms with van der Waals surface area (Å²) in [5, 5.41) is 9.77. The number of carbonyl (C=O) groups excluding carboxylic acids is 1. The summed E-state index contributed by atoms with van der Waals surface area (Å²) >= 11 is 0. The highest BCUT2D eigenvalue weighted by atomic mass is 19.4. The smallest absolute Gasteiger partial charge is 0.416 e. The van der Waals surface area contributed by atoms with Gasteiger partial charge in [0.25, 0.3) is 5.91 Å². The summed E-state index contributed by atoms with van der Waals surface area (Å²) in [7, 11) is 0. The van der Waals surface area contributed by atoms with Gasteiger partial charge in [-0.25, -0.2) is 0 Å². The number of anilines is 1. The fraction of sp³-hybridized carbons (Fsp3) is 0.167. The highest BCUT2D eigenvalue weighted by Crippen LogP contribution is 2.30. The van der Waals surface area contributed by atoms with E-state index in [1.807, 2.05) is 0 Å². The lowest BCUT2D eigenvalue weighted by molar-refractivity contribution is -0.137. The van der Waals surface area contributed by atoms with Gasteiger partial charge in [0.1, 0.15) is 5.75 Å². The minimum atomic E-state index is -4.48. The van der Waals surface area contributed by atoms with Gasteiger partial charge < -0.3 is 14.5 Å². The summed E-state index contributed by atoms with van der Waals surface area (Å²) in [6, 6.07) is 11.0. The van der Waals surface area contributed by atoms with Crippen LogP contribution in [0.3, 0.4) is 0 Å². The number of hydrogen-bond donors (Lipinski definition) is 1. The van der Waals surface area contributed by atoms with Crippen molar-refractivity contribution < 1.29 is 27.1 Å². The first-order chi connectivity index (χ1) is 12.8. The van der Waals surface area contributed by atoms with Gasteiger partial charge in [-0.3, -0.25) is 4.79 Å². The summed E-state index contributed by atoms with van der Waals surface area (Å²) in [5.41, 5.74) is -0.122. The van der Waals surface area contributed by atoms with E-state index in [9.17, 15) is 18.0 Å². The van der Waals surface area contributed by atoms with Crippen LogP contribution in [0.4, 0.5) is 18.9 Å². The number of amides is 1. The molecule has 1 heterocycles. The first kappa shape index (κ1) is 18.4. The molecular formula is C18H14F3N3O3. The molecule has 1 atom stereocenters. The molecule has 0 spiro atoms. The van der Waals surface area contributed by atoms with Gasteiger partial charge in [0, 0.05) is 11.3 Å². The highest BCUT2D eigenvalue weighted by Gasteiger charge is 2.30. The molecule has 3 rings (SSSR count). The maximum atomic E-state index is 12.7. The number of ether oxygens (including phenoxy) is 1. The Morgan fingerprint density at radius 3 is 2.56 bits per heavy atom. The van der Waals surface area contributed by atoms with Gasteiger partial charge >= 0.3 is 6.18 Å². The third-order valence-electron chi connectivity index (χ3n) is 3.60. The van der Waals surface area contributed by atoms with E-state index in [4.69, 9.17) is 9.15 Å². The first-order valence-corrected chi connectivity index (χ1v) is 7.84. The number of rotatable bonds is 5. The summed E-state index contributed by atoms with van der Waals surface area (Å²) in [5.74, 6) is 0.178. The van der Waals surface area contributed by atoms with Crippen molar-refractivity contribution in [2.45, 2.75) is 19.2 Å². The Hall–Kier alpha value is -3.36. The van der Waals surface area contributed by atoms with Crippen LogP contribution < -0.4 is 10.1 Å². The van der Waals surface area contributed by atoms with Crippen LogP contribution in [0.2, 0.25) is 0 Å². The first-order valence-electron chi connectivity index (χ1n) is 7.84. The van der Waals surface area contributed by atoms with E-state index in [0.29, 0.717) is 17.2 Å². The largest absolute Gasteiger partial charge is 0.481 e. The average molecular weight is 377 g/mol. The molecule has 0 aliphatic heterocycles. The average Bonchev–Trinajstić information content (AvgIpc) is 3.16. The van der Waals surface area contributed by atoms with E-state index >= 15 is 0 Å². The Bertz CT molecular complexity index is 910. The third-order valence-corrected chi connectivity index (χ3v) is 3.60. The molecule has 1 N–H and O–H groups in total. The highest BCUT2D eigenvalue weighted by molar-refractivity contribution is 5.94. The predicted octanol–water partition coefficient (Wildman–Crippen LogP) is 4.16. The molecule has 0 unspecified atom stereocenters. The molecule has 1 aromatic heterocycles. The third kappa shape index (κ3) is 4.63. The second-order valence-corrected chi connectivity index (χ2v) is 5.60. The van der Waals surface area contributed by atoms with Gasteiger partial charge in [0.2, 0.25) is 12.3 Å². The van der Waals surface area contributed by atoms with Crippen LogP contribution >= 0.6 is 0 Å². The molecule has 6 nitrogen and oxygen atoms in total. The van der Waals surface area contributed by atoms with Gasteiger partial charge in [-0.1, -0.05) is 6.07 Å². The van der Waals surface area contributed by atoms with E-state index < -0.39 is 23.8 Å². The normalized spacial score (nSPS) is 12.4. The standard InChI is InChI=1S/C18H14F3N3O3/c1-11(16(25)23-14-4-2-3-13(9-14)18(19,20)21)27-15-7-5-12(6-8-15)17-24-22-10-26-17/h2-11H,1H3,(H,23,25)/t11-/m0/s1. The molecule has 0 bridgehead atoms. The molecule has 0 aliphatic rings. The summed E-state index contributed by atoms with van der Waals surface area (Å²) in [6.45, 7) is 1.49. The fourth-order valence-corrected chi connectivity index (χ4v) is 2.25. The maximum absolute atomic E-state index is 12.7. The van der Waals surface area contributed by atoms with Crippen molar-refractivity contribution in [3.8, 4) is 17.2 Å². The zero-order chi connectivity index (χ0) is 19.4.